The fraction of sp³-hybridized carbons (Fsp3) is 0.111. The molecule has 0 aliphatic rings. The predicted molar refractivity (Wildman–Crippen MR) is 99.9 cm³/mol. The van der Waals surface area contributed by atoms with Crippen LogP contribution in [0, 0.1) is 10.1 Å². The Morgan fingerprint density at radius 3 is 2.71 bits per heavy atom. The summed E-state index contributed by atoms with van der Waals surface area (Å²) in [6, 6.07) is 11.1. The standard InChI is InChI=1S/C18H16N6O4/c1-12(25)22-15-4-2-3-13(7-15)9-20-18(26)14-5-6-16(17(8-14)24(27)28)23-11-19-10-21-23/h2-8,10-11H,9H2,1H3,(H,20,26)(H,22,25). The van der Waals surface area contributed by atoms with E-state index in [2.05, 4.69) is 20.7 Å². The molecule has 2 aromatic carbocycles. The second kappa shape index (κ2) is 8.08. The minimum absolute atomic E-state index is 0.147. The molecule has 0 spiro atoms. The van der Waals surface area contributed by atoms with Crippen LogP contribution in [0.2, 0.25) is 0 Å². The molecule has 0 atom stereocenters. The Hall–Kier alpha value is -4.08. The maximum absolute atomic E-state index is 12.4. The van der Waals surface area contributed by atoms with Crippen LogP contribution in [0.5, 0.6) is 0 Å². The van der Waals surface area contributed by atoms with Crippen LogP contribution < -0.4 is 10.6 Å². The maximum Gasteiger partial charge on any atom is 0.295 e. The molecular formula is C18H16N6O4. The van der Waals surface area contributed by atoms with E-state index in [1.54, 1.807) is 24.3 Å². The lowest BCUT2D eigenvalue weighted by Crippen LogP contribution is -2.23. The highest BCUT2D eigenvalue weighted by Gasteiger charge is 2.19. The first-order chi connectivity index (χ1) is 13.4. The van der Waals surface area contributed by atoms with Crippen molar-refractivity contribution in [3.05, 3.63) is 76.4 Å². The number of hydrogen-bond donors (Lipinski definition) is 2. The van der Waals surface area contributed by atoms with Gasteiger partial charge in [0.15, 0.2) is 0 Å². The Morgan fingerprint density at radius 2 is 2.04 bits per heavy atom. The average molecular weight is 380 g/mol. The van der Waals surface area contributed by atoms with Gasteiger partial charge in [0.1, 0.15) is 18.3 Å². The number of anilines is 1. The van der Waals surface area contributed by atoms with E-state index in [-0.39, 0.29) is 29.4 Å². The molecule has 0 bridgehead atoms. The van der Waals surface area contributed by atoms with Gasteiger partial charge in [0.25, 0.3) is 11.6 Å². The number of benzene rings is 2. The normalized spacial score (nSPS) is 10.3. The van der Waals surface area contributed by atoms with Gasteiger partial charge in [-0.15, -0.1) is 0 Å². The third kappa shape index (κ3) is 4.36. The predicted octanol–water partition coefficient (Wildman–Crippen LogP) is 2.06. The molecule has 0 aliphatic carbocycles. The highest BCUT2D eigenvalue weighted by molar-refractivity contribution is 5.95. The van der Waals surface area contributed by atoms with Crippen molar-refractivity contribution in [3.8, 4) is 5.69 Å². The molecule has 2 N–H and O–H groups in total. The summed E-state index contributed by atoms with van der Waals surface area (Å²) in [5.41, 5.74) is 1.49. The smallest absolute Gasteiger partial charge is 0.295 e. The SMILES string of the molecule is CC(=O)Nc1cccc(CNC(=O)c2ccc(-n3cncn3)c([N+](=O)[O-])c2)c1. The topological polar surface area (TPSA) is 132 Å². The number of rotatable bonds is 6. The zero-order chi connectivity index (χ0) is 20.1. The van der Waals surface area contributed by atoms with Crippen molar-refractivity contribution >= 4 is 23.2 Å². The van der Waals surface area contributed by atoms with Gasteiger partial charge in [-0.2, -0.15) is 5.10 Å². The Balaban J connectivity index is 1.75. The van der Waals surface area contributed by atoms with E-state index >= 15 is 0 Å². The van der Waals surface area contributed by atoms with Crippen molar-refractivity contribution in [1.82, 2.24) is 20.1 Å². The summed E-state index contributed by atoms with van der Waals surface area (Å²) in [6.45, 7) is 1.61. The van der Waals surface area contributed by atoms with Crippen LogP contribution in [0.15, 0.2) is 55.1 Å². The highest BCUT2D eigenvalue weighted by Crippen LogP contribution is 2.23. The van der Waals surface area contributed by atoms with Gasteiger partial charge in [0.2, 0.25) is 5.91 Å². The van der Waals surface area contributed by atoms with Gasteiger partial charge in [-0.05, 0) is 29.8 Å². The Kier molecular flexibility index (Phi) is 5.40. The van der Waals surface area contributed by atoms with E-state index in [4.69, 9.17) is 0 Å². The lowest BCUT2D eigenvalue weighted by molar-refractivity contribution is -0.384. The molecule has 28 heavy (non-hydrogen) atoms. The van der Waals surface area contributed by atoms with E-state index in [1.165, 1.54) is 42.5 Å². The number of nitro groups is 1. The van der Waals surface area contributed by atoms with Crippen molar-refractivity contribution in [3.63, 3.8) is 0 Å². The number of nitro benzene ring substituents is 1. The van der Waals surface area contributed by atoms with Crippen molar-refractivity contribution < 1.29 is 14.5 Å². The summed E-state index contributed by atoms with van der Waals surface area (Å²) in [5.74, 6) is -0.654. The molecule has 0 radical (unpaired) electrons. The molecule has 3 aromatic rings. The number of nitrogens with zero attached hydrogens (tertiary/aromatic N) is 4. The zero-order valence-electron chi connectivity index (χ0n) is 14.8. The molecule has 1 heterocycles. The van der Waals surface area contributed by atoms with E-state index in [9.17, 15) is 19.7 Å². The number of amides is 2. The van der Waals surface area contributed by atoms with Crippen molar-refractivity contribution in [1.29, 1.82) is 0 Å². The molecule has 142 valence electrons. The molecule has 10 nitrogen and oxygen atoms in total. The largest absolute Gasteiger partial charge is 0.348 e. The lowest BCUT2D eigenvalue weighted by atomic mass is 10.1. The zero-order valence-corrected chi connectivity index (χ0v) is 14.8. The molecule has 0 saturated heterocycles. The number of carbonyl (C=O) groups is 2. The Morgan fingerprint density at radius 1 is 1.21 bits per heavy atom. The van der Waals surface area contributed by atoms with Crippen LogP contribution in [-0.2, 0) is 11.3 Å². The first-order valence-electron chi connectivity index (χ1n) is 8.22. The molecule has 2 amide bonds. The molecule has 10 heteroatoms. The monoisotopic (exact) mass is 380 g/mol. The minimum atomic E-state index is -0.579. The summed E-state index contributed by atoms with van der Waals surface area (Å²) < 4.78 is 1.26. The number of carbonyl (C=O) groups excluding carboxylic acids is 2. The van der Waals surface area contributed by atoms with E-state index in [1.807, 2.05) is 0 Å². The quantitative estimate of drug-likeness (QED) is 0.497. The Labute approximate surface area is 159 Å². The van der Waals surface area contributed by atoms with Crippen molar-refractivity contribution in [2.45, 2.75) is 13.5 Å². The molecule has 0 saturated carbocycles. The molecule has 1 aromatic heterocycles. The maximum atomic E-state index is 12.4. The first-order valence-corrected chi connectivity index (χ1v) is 8.22. The summed E-state index contributed by atoms with van der Waals surface area (Å²) >= 11 is 0. The Bertz CT molecular complexity index is 1030. The highest BCUT2D eigenvalue weighted by atomic mass is 16.6. The van der Waals surface area contributed by atoms with E-state index in [0.29, 0.717) is 5.69 Å². The van der Waals surface area contributed by atoms with Crippen LogP contribution in [-0.4, -0.2) is 31.5 Å². The minimum Gasteiger partial charge on any atom is -0.348 e. The van der Waals surface area contributed by atoms with Crippen molar-refractivity contribution in [2.24, 2.45) is 0 Å². The third-order valence-electron chi connectivity index (χ3n) is 3.80. The van der Waals surface area contributed by atoms with Gasteiger partial charge in [0.05, 0.1) is 4.92 Å². The van der Waals surface area contributed by atoms with Crippen LogP contribution in [0.1, 0.15) is 22.8 Å². The third-order valence-corrected chi connectivity index (χ3v) is 3.80. The first kappa shape index (κ1) is 18.7. The summed E-state index contributed by atoms with van der Waals surface area (Å²) in [7, 11) is 0. The van der Waals surface area contributed by atoms with Crippen LogP contribution in [0.3, 0.4) is 0 Å². The molecule has 3 rings (SSSR count). The fourth-order valence-electron chi connectivity index (χ4n) is 2.58. The lowest BCUT2D eigenvalue weighted by Gasteiger charge is -2.09. The molecule has 0 fully saturated rings. The van der Waals surface area contributed by atoms with Crippen LogP contribution >= 0.6 is 0 Å². The van der Waals surface area contributed by atoms with E-state index in [0.717, 1.165) is 5.56 Å². The van der Waals surface area contributed by atoms with Gasteiger partial charge in [-0.3, -0.25) is 19.7 Å². The van der Waals surface area contributed by atoms with Gasteiger partial charge in [-0.25, -0.2) is 9.67 Å². The summed E-state index contributed by atoms with van der Waals surface area (Å²) in [4.78, 5) is 38.1. The van der Waals surface area contributed by atoms with Crippen LogP contribution in [0.4, 0.5) is 11.4 Å². The van der Waals surface area contributed by atoms with E-state index < -0.39 is 10.8 Å². The number of aromatic nitrogens is 3. The number of nitrogens with one attached hydrogen (secondary N) is 2. The van der Waals surface area contributed by atoms with Gasteiger partial charge in [-0.1, -0.05) is 12.1 Å². The van der Waals surface area contributed by atoms with Gasteiger partial charge < -0.3 is 10.6 Å². The van der Waals surface area contributed by atoms with Gasteiger partial charge in [0, 0.05) is 30.8 Å². The summed E-state index contributed by atoms with van der Waals surface area (Å²) in [6.07, 6.45) is 2.60. The molecular weight excluding hydrogens is 364 g/mol. The molecule has 0 unspecified atom stereocenters. The van der Waals surface area contributed by atoms with Crippen molar-refractivity contribution in [2.75, 3.05) is 5.32 Å². The number of hydrogen-bond acceptors (Lipinski definition) is 6. The fourth-order valence-corrected chi connectivity index (χ4v) is 2.58. The second-order valence-electron chi connectivity index (χ2n) is 5.86. The van der Waals surface area contributed by atoms with Gasteiger partial charge >= 0.3 is 0 Å². The average Bonchev–Trinajstić information content (AvgIpc) is 3.20. The summed E-state index contributed by atoms with van der Waals surface area (Å²) in [5, 5.41) is 20.6. The second-order valence-corrected chi connectivity index (χ2v) is 5.86. The molecule has 0 aliphatic heterocycles. The van der Waals surface area contributed by atoms with Crippen LogP contribution in [0.25, 0.3) is 5.69 Å².